The Balaban J connectivity index is 1.87. The van der Waals surface area contributed by atoms with Crippen molar-refractivity contribution in [3.8, 4) is 0 Å². The van der Waals surface area contributed by atoms with E-state index < -0.39 is 11.2 Å². The van der Waals surface area contributed by atoms with Crippen LogP contribution >= 0.6 is 24.0 Å². The van der Waals surface area contributed by atoms with Crippen LogP contribution in [0.3, 0.4) is 0 Å². The smallest absolute Gasteiger partial charge is 0.243 e. The second-order valence-electron chi connectivity index (χ2n) is 5.32. The Morgan fingerprint density at radius 2 is 2.08 bits per heavy atom. The molecule has 0 N–H and O–H groups in total. The zero-order valence-corrected chi connectivity index (χ0v) is 14.8. The number of fused-ring (bicyclic) bond motifs is 1. The molecule has 2 aromatic rings. The number of carbonyl (C=O) groups excluding carboxylic acids is 2. The molecule has 0 spiro atoms. The van der Waals surface area contributed by atoms with Gasteiger partial charge in [0.15, 0.2) is 0 Å². The van der Waals surface area contributed by atoms with Crippen LogP contribution in [0.5, 0.6) is 0 Å². The zero-order valence-electron chi connectivity index (χ0n) is 13.2. The molecule has 0 radical (unpaired) electrons. The lowest BCUT2D eigenvalue weighted by Crippen LogP contribution is -2.27. The summed E-state index contributed by atoms with van der Waals surface area (Å²) in [6.07, 6.45) is 0. The van der Waals surface area contributed by atoms with Gasteiger partial charge in [-0.05, 0) is 31.3 Å². The average molecular weight is 364 g/mol. The molecule has 1 aliphatic rings. The van der Waals surface area contributed by atoms with Gasteiger partial charge in [-0.2, -0.15) is 0 Å². The molecule has 24 heavy (non-hydrogen) atoms. The predicted octanol–water partition coefficient (Wildman–Crippen LogP) is 1.47. The monoisotopic (exact) mass is 364 g/mol. The van der Waals surface area contributed by atoms with Gasteiger partial charge in [-0.1, -0.05) is 29.1 Å². The van der Waals surface area contributed by atoms with E-state index in [2.05, 4.69) is 10.3 Å². The number of ether oxygens (including phenoxy) is 1. The van der Waals surface area contributed by atoms with E-state index >= 15 is 0 Å². The molecule has 1 aromatic carbocycles. The quantitative estimate of drug-likeness (QED) is 0.600. The molecule has 9 heteroatoms. The minimum Gasteiger partial charge on any atom is -0.479 e. The number of likely N-dealkylation sites (tertiary alicyclic amines) is 1. The van der Waals surface area contributed by atoms with Crippen LogP contribution in [0.15, 0.2) is 24.3 Å². The van der Waals surface area contributed by atoms with Crippen molar-refractivity contribution in [1.29, 1.82) is 0 Å². The van der Waals surface area contributed by atoms with E-state index in [9.17, 15) is 9.59 Å². The summed E-state index contributed by atoms with van der Waals surface area (Å²) in [5.74, 6) is -1.06. The van der Waals surface area contributed by atoms with E-state index in [-0.39, 0.29) is 22.7 Å². The molecule has 2 unspecified atom stereocenters. The first-order valence-electron chi connectivity index (χ1n) is 7.46. The molecule has 0 aliphatic carbocycles. The number of hydrogen-bond acceptors (Lipinski definition) is 7. The van der Waals surface area contributed by atoms with Crippen LogP contribution in [0, 0.1) is 5.92 Å². The van der Waals surface area contributed by atoms with Gasteiger partial charge in [0.2, 0.25) is 16.2 Å². The first-order chi connectivity index (χ1) is 11.5. The highest BCUT2D eigenvalue weighted by Crippen LogP contribution is 2.32. The van der Waals surface area contributed by atoms with Crippen LogP contribution in [0.4, 0.5) is 0 Å². The number of imide groups is 1. The van der Waals surface area contributed by atoms with Crippen molar-refractivity contribution in [2.45, 2.75) is 18.7 Å². The van der Waals surface area contributed by atoms with E-state index in [1.165, 1.54) is 7.05 Å². The number of amides is 2. The fourth-order valence-corrected chi connectivity index (χ4v) is 4.10. The third-order valence-electron chi connectivity index (χ3n) is 3.86. The van der Waals surface area contributed by atoms with Crippen molar-refractivity contribution in [1.82, 2.24) is 19.9 Å². The number of thioether (sulfide) groups is 1. The molecule has 1 fully saturated rings. The van der Waals surface area contributed by atoms with Crippen molar-refractivity contribution < 1.29 is 14.3 Å². The number of hydrogen-bond donors (Lipinski definition) is 0. The van der Waals surface area contributed by atoms with E-state index in [0.29, 0.717) is 6.61 Å². The molecular weight excluding hydrogens is 348 g/mol. The summed E-state index contributed by atoms with van der Waals surface area (Å²) < 4.78 is 7.18. The summed E-state index contributed by atoms with van der Waals surface area (Å²) in [4.78, 5) is 26.0. The highest BCUT2D eigenvalue weighted by molar-refractivity contribution is 8.23. The van der Waals surface area contributed by atoms with Gasteiger partial charge in [-0.25, -0.2) is 4.68 Å². The van der Waals surface area contributed by atoms with E-state index in [4.69, 9.17) is 17.0 Å². The molecule has 2 amide bonds. The molecule has 0 bridgehead atoms. The minimum absolute atomic E-state index is 0.239. The lowest BCUT2D eigenvalue weighted by Gasteiger charge is -2.15. The van der Waals surface area contributed by atoms with Crippen molar-refractivity contribution in [3.05, 3.63) is 24.3 Å². The lowest BCUT2D eigenvalue weighted by atomic mass is 10.1. The minimum atomic E-state index is -0.607. The van der Waals surface area contributed by atoms with Gasteiger partial charge in [-0.3, -0.25) is 14.5 Å². The van der Waals surface area contributed by atoms with Crippen LogP contribution in [-0.2, 0) is 20.9 Å². The maximum absolute atomic E-state index is 12.5. The number of rotatable bonds is 4. The third-order valence-corrected chi connectivity index (χ3v) is 5.36. The van der Waals surface area contributed by atoms with Gasteiger partial charge >= 0.3 is 0 Å². The molecule has 1 aromatic heterocycles. The Morgan fingerprint density at radius 1 is 1.33 bits per heavy atom. The van der Waals surface area contributed by atoms with Crippen LogP contribution in [-0.4, -0.2) is 55.0 Å². The second kappa shape index (κ2) is 6.86. The first-order valence-corrected chi connectivity index (χ1v) is 8.74. The second-order valence-corrected chi connectivity index (χ2v) is 7.07. The molecule has 2 heterocycles. The summed E-state index contributed by atoms with van der Waals surface area (Å²) in [6, 6.07) is 7.49. The summed E-state index contributed by atoms with van der Waals surface area (Å²) in [5, 5.41) is 7.58. The van der Waals surface area contributed by atoms with Crippen LogP contribution < -0.4 is 0 Å². The van der Waals surface area contributed by atoms with E-state index in [1.807, 2.05) is 31.2 Å². The van der Waals surface area contributed by atoms with Crippen molar-refractivity contribution in [3.63, 3.8) is 0 Å². The molecule has 126 valence electrons. The Kier molecular flexibility index (Phi) is 4.81. The maximum Gasteiger partial charge on any atom is 0.243 e. The van der Waals surface area contributed by atoms with Gasteiger partial charge in [0.05, 0.1) is 24.6 Å². The number of benzene rings is 1. The normalized spacial score (nSPS) is 20.8. The van der Waals surface area contributed by atoms with Crippen LogP contribution in [0.25, 0.3) is 11.0 Å². The molecular formula is C15H16N4O3S2. The third kappa shape index (κ3) is 3.01. The standard InChI is InChI=1S/C15H16N4O3S2/c1-3-22-15(23)24-12-9(13(20)18(2)14(12)21)8-19-11-7-5-4-6-10(11)16-17-19/h4-7,9,12H,3,8H2,1-2H3. The average Bonchev–Trinajstić information content (AvgIpc) is 3.06. The fourth-order valence-electron chi connectivity index (χ4n) is 2.65. The Bertz CT molecular complexity index is 807. The van der Waals surface area contributed by atoms with Gasteiger partial charge in [0.25, 0.3) is 0 Å². The van der Waals surface area contributed by atoms with Gasteiger partial charge < -0.3 is 4.74 Å². The maximum atomic E-state index is 12.5. The highest BCUT2D eigenvalue weighted by Gasteiger charge is 2.47. The first kappa shape index (κ1) is 16.8. The summed E-state index contributed by atoms with van der Waals surface area (Å²) in [7, 11) is 1.49. The van der Waals surface area contributed by atoms with Gasteiger partial charge in [-0.15, -0.1) is 5.10 Å². The van der Waals surface area contributed by atoms with Crippen molar-refractivity contribution in [2.75, 3.05) is 13.7 Å². The van der Waals surface area contributed by atoms with E-state index in [1.54, 1.807) is 4.68 Å². The Morgan fingerprint density at radius 3 is 2.83 bits per heavy atom. The molecule has 0 saturated carbocycles. The number of nitrogens with zero attached hydrogens (tertiary/aromatic N) is 4. The number of carbonyl (C=O) groups is 2. The molecule has 1 saturated heterocycles. The summed E-state index contributed by atoms with van der Waals surface area (Å²) in [5.41, 5.74) is 1.57. The van der Waals surface area contributed by atoms with Crippen molar-refractivity contribution >= 4 is 51.2 Å². The van der Waals surface area contributed by atoms with Crippen molar-refractivity contribution in [2.24, 2.45) is 5.92 Å². The topological polar surface area (TPSA) is 77.3 Å². The predicted molar refractivity (Wildman–Crippen MR) is 94.4 cm³/mol. The molecule has 7 nitrogen and oxygen atoms in total. The molecule has 2 atom stereocenters. The summed E-state index contributed by atoms with van der Waals surface area (Å²) in [6.45, 7) is 2.51. The zero-order chi connectivity index (χ0) is 17.3. The lowest BCUT2D eigenvalue weighted by molar-refractivity contribution is -0.137. The van der Waals surface area contributed by atoms with Crippen LogP contribution in [0.2, 0.25) is 0 Å². The Labute approximate surface area is 148 Å². The molecule has 1 aliphatic heterocycles. The van der Waals surface area contributed by atoms with Gasteiger partial charge in [0.1, 0.15) is 10.8 Å². The van der Waals surface area contributed by atoms with Gasteiger partial charge in [0, 0.05) is 7.05 Å². The molecule has 3 rings (SSSR count). The SMILES string of the molecule is CCOC(=S)SC1C(=O)N(C)C(=O)C1Cn1nnc2ccccc21. The fraction of sp³-hybridized carbons (Fsp3) is 0.400. The largest absolute Gasteiger partial charge is 0.479 e. The number of thiocarbonyl (C=S) groups is 1. The Hall–Kier alpha value is -2.00. The highest BCUT2D eigenvalue weighted by atomic mass is 32.2. The van der Waals surface area contributed by atoms with Crippen LogP contribution in [0.1, 0.15) is 6.92 Å². The number of para-hydroxylation sites is 1. The van der Waals surface area contributed by atoms with E-state index in [0.717, 1.165) is 27.7 Å². The number of aromatic nitrogens is 3. The summed E-state index contributed by atoms with van der Waals surface area (Å²) >= 11 is 6.24.